The normalized spacial score (nSPS) is 15.2. The summed E-state index contributed by atoms with van der Waals surface area (Å²) in [6.07, 6.45) is 2.10. The molecule has 0 radical (unpaired) electrons. The summed E-state index contributed by atoms with van der Waals surface area (Å²) in [5.41, 5.74) is 6.34. The Morgan fingerprint density at radius 2 is 1.76 bits per heavy atom. The number of aliphatic imine (C=N–C) groups is 2. The van der Waals surface area contributed by atoms with Crippen LogP contribution in [0.5, 0.6) is 0 Å². The van der Waals surface area contributed by atoms with Gasteiger partial charge >= 0.3 is 0 Å². The molecule has 0 saturated carbocycles. The van der Waals surface area contributed by atoms with E-state index in [0.717, 1.165) is 35.8 Å². The quantitative estimate of drug-likeness (QED) is 0.633. The van der Waals surface area contributed by atoms with Crippen LogP contribution in [0.3, 0.4) is 0 Å². The first-order valence-corrected chi connectivity index (χ1v) is 9.09. The highest BCUT2D eigenvalue weighted by Crippen LogP contribution is 2.18. The summed E-state index contributed by atoms with van der Waals surface area (Å²) in [6.45, 7) is 18.9. The summed E-state index contributed by atoms with van der Waals surface area (Å²) < 4.78 is 0. The lowest BCUT2D eigenvalue weighted by molar-refractivity contribution is 0.166. The predicted octanol–water partition coefficient (Wildman–Crippen LogP) is 5.14. The molecule has 0 amide bonds. The Hall–Kier alpha value is -2.00. The standard InChI is InChI=1S/C22H31N3/c1-15(2)25(16(3)4)14-20-8-10-21(11-9-20)18(6)24-19(7)22-12-17(5)13-23-22/h8-12,15-16H,6,13-14H2,1-5,7H3. The largest absolute Gasteiger partial charge is 0.294 e. The first-order chi connectivity index (χ1) is 11.8. The van der Waals surface area contributed by atoms with Gasteiger partial charge in [-0.1, -0.05) is 30.8 Å². The van der Waals surface area contributed by atoms with E-state index >= 15 is 0 Å². The van der Waals surface area contributed by atoms with Crippen molar-refractivity contribution < 1.29 is 0 Å². The van der Waals surface area contributed by atoms with Gasteiger partial charge in [0.05, 0.1) is 23.7 Å². The molecule has 134 valence electrons. The Bertz CT molecular complexity index is 695. The van der Waals surface area contributed by atoms with E-state index in [1.807, 2.05) is 6.92 Å². The van der Waals surface area contributed by atoms with Crippen LogP contribution < -0.4 is 0 Å². The second-order valence-electron chi connectivity index (χ2n) is 7.39. The zero-order chi connectivity index (χ0) is 18.6. The Morgan fingerprint density at radius 1 is 1.16 bits per heavy atom. The van der Waals surface area contributed by atoms with Crippen LogP contribution in [0.2, 0.25) is 0 Å². The fraction of sp³-hybridized carbons (Fsp3) is 0.455. The van der Waals surface area contributed by atoms with Crippen molar-refractivity contribution in [3.63, 3.8) is 0 Å². The Kier molecular flexibility index (Phi) is 6.49. The molecule has 1 aromatic rings. The van der Waals surface area contributed by atoms with Gasteiger partial charge in [0, 0.05) is 18.6 Å². The van der Waals surface area contributed by atoms with Crippen LogP contribution in [0.4, 0.5) is 0 Å². The lowest BCUT2D eigenvalue weighted by Crippen LogP contribution is -2.36. The van der Waals surface area contributed by atoms with E-state index in [-0.39, 0.29) is 0 Å². The van der Waals surface area contributed by atoms with Crippen molar-refractivity contribution >= 4 is 17.1 Å². The highest BCUT2D eigenvalue weighted by atomic mass is 15.2. The summed E-state index contributed by atoms with van der Waals surface area (Å²) in [4.78, 5) is 11.6. The van der Waals surface area contributed by atoms with E-state index in [4.69, 9.17) is 0 Å². The summed E-state index contributed by atoms with van der Waals surface area (Å²) in [5, 5.41) is 0. The predicted molar refractivity (Wildman–Crippen MR) is 110 cm³/mol. The van der Waals surface area contributed by atoms with Crippen molar-refractivity contribution in [1.29, 1.82) is 0 Å². The third kappa shape index (κ3) is 5.23. The number of benzene rings is 1. The van der Waals surface area contributed by atoms with E-state index in [1.54, 1.807) is 0 Å². The summed E-state index contributed by atoms with van der Waals surface area (Å²) in [5.74, 6) is 0. The molecule has 1 aliphatic rings. The van der Waals surface area contributed by atoms with Crippen LogP contribution in [0.1, 0.15) is 52.7 Å². The van der Waals surface area contributed by atoms with Crippen LogP contribution in [-0.4, -0.2) is 35.0 Å². The maximum absolute atomic E-state index is 4.65. The van der Waals surface area contributed by atoms with Crippen molar-refractivity contribution in [3.8, 4) is 0 Å². The lowest BCUT2D eigenvalue weighted by Gasteiger charge is -2.30. The fourth-order valence-corrected chi connectivity index (χ4v) is 3.05. The molecular formula is C22H31N3. The van der Waals surface area contributed by atoms with Crippen molar-refractivity contribution in [3.05, 3.63) is 53.6 Å². The van der Waals surface area contributed by atoms with Crippen LogP contribution in [0.15, 0.2) is 52.5 Å². The van der Waals surface area contributed by atoms with E-state index in [1.165, 1.54) is 11.1 Å². The molecule has 1 aromatic carbocycles. The zero-order valence-corrected chi connectivity index (χ0v) is 16.5. The van der Waals surface area contributed by atoms with E-state index in [0.29, 0.717) is 12.1 Å². The van der Waals surface area contributed by atoms with Gasteiger partial charge in [0.25, 0.3) is 0 Å². The van der Waals surface area contributed by atoms with Gasteiger partial charge in [-0.05, 0) is 64.3 Å². The molecular weight excluding hydrogens is 306 g/mol. The number of hydrogen-bond acceptors (Lipinski definition) is 3. The van der Waals surface area contributed by atoms with Crippen molar-refractivity contribution in [2.75, 3.05) is 6.54 Å². The number of hydrogen-bond donors (Lipinski definition) is 0. The molecule has 0 bridgehead atoms. The van der Waals surface area contributed by atoms with Gasteiger partial charge in [-0.3, -0.25) is 14.9 Å². The maximum Gasteiger partial charge on any atom is 0.0790 e. The van der Waals surface area contributed by atoms with Crippen LogP contribution in [-0.2, 0) is 6.54 Å². The summed E-state index contributed by atoms with van der Waals surface area (Å²) in [7, 11) is 0. The Balaban J connectivity index is 2.08. The second kappa shape index (κ2) is 8.39. The number of allylic oxidation sites excluding steroid dienone is 1. The molecule has 0 N–H and O–H groups in total. The van der Waals surface area contributed by atoms with Gasteiger partial charge in [0.1, 0.15) is 0 Å². The fourth-order valence-electron chi connectivity index (χ4n) is 3.05. The average Bonchev–Trinajstić information content (AvgIpc) is 2.99. The topological polar surface area (TPSA) is 28.0 Å². The molecule has 0 atom stereocenters. The minimum Gasteiger partial charge on any atom is -0.294 e. The molecule has 0 aromatic heterocycles. The minimum absolute atomic E-state index is 0.533. The number of nitrogens with zero attached hydrogens (tertiary/aromatic N) is 3. The Morgan fingerprint density at radius 3 is 2.24 bits per heavy atom. The molecule has 0 saturated heterocycles. The van der Waals surface area contributed by atoms with Crippen LogP contribution in [0, 0.1) is 0 Å². The summed E-state index contributed by atoms with van der Waals surface area (Å²) >= 11 is 0. The molecule has 1 heterocycles. The number of rotatable bonds is 7. The SMILES string of the molecule is C=C(N=C(C)C1=NCC(C)=C1)c1ccc(CN(C(C)C)C(C)C)cc1. The first kappa shape index (κ1) is 19.3. The van der Waals surface area contributed by atoms with Gasteiger partial charge in [-0.15, -0.1) is 0 Å². The monoisotopic (exact) mass is 337 g/mol. The molecule has 0 unspecified atom stereocenters. The van der Waals surface area contributed by atoms with Gasteiger partial charge in [-0.2, -0.15) is 0 Å². The highest BCUT2D eigenvalue weighted by Gasteiger charge is 2.14. The highest BCUT2D eigenvalue weighted by molar-refractivity contribution is 6.47. The molecule has 0 spiro atoms. The summed E-state index contributed by atoms with van der Waals surface area (Å²) in [6, 6.07) is 9.66. The van der Waals surface area contributed by atoms with Crippen molar-refractivity contribution in [1.82, 2.24) is 4.90 Å². The van der Waals surface area contributed by atoms with E-state index in [2.05, 4.69) is 86.4 Å². The molecule has 25 heavy (non-hydrogen) atoms. The van der Waals surface area contributed by atoms with Gasteiger partial charge in [0.15, 0.2) is 0 Å². The van der Waals surface area contributed by atoms with Crippen molar-refractivity contribution in [2.24, 2.45) is 9.98 Å². The second-order valence-corrected chi connectivity index (χ2v) is 7.39. The lowest BCUT2D eigenvalue weighted by atomic mass is 10.1. The Labute approximate surface area is 152 Å². The van der Waals surface area contributed by atoms with Gasteiger partial charge in [0.2, 0.25) is 0 Å². The average molecular weight is 338 g/mol. The first-order valence-electron chi connectivity index (χ1n) is 9.09. The third-order valence-electron chi connectivity index (χ3n) is 4.53. The molecule has 2 rings (SSSR count). The van der Waals surface area contributed by atoms with Crippen LogP contribution in [0.25, 0.3) is 5.70 Å². The minimum atomic E-state index is 0.533. The molecule has 1 aliphatic heterocycles. The van der Waals surface area contributed by atoms with E-state index < -0.39 is 0 Å². The molecule has 0 aliphatic carbocycles. The van der Waals surface area contributed by atoms with Gasteiger partial charge < -0.3 is 0 Å². The maximum atomic E-state index is 4.65. The zero-order valence-electron chi connectivity index (χ0n) is 16.5. The van der Waals surface area contributed by atoms with Crippen LogP contribution >= 0.6 is 0 Å². The van der Waals surface area contributed by atoms with Crippen molar-refractivity contribution in [2.45, 2.75) is 60.2 Å². The van der Waals surface area contributed by atoms with E-state index in [9.17, 15) is 0 Å². The molecule has 3 heteroatoms. The molecule has 3 nitrogen and oxygen atoms in total. The molecule has 0 fully saturated rings. The smallest absolute Gasteiger partial charge is 0.0790 e. The third-order valence-corrected chi connectivity index (χ3v) is 4.53. The van der Waals surface area contributed by atoms with Gasteiger partial charge in [-0.25, -0.2) is 0 Å².